The van der Waals surface area contributed by atoms with E-state index >= 15 is 0 Å². The van der Waals surface area contributed by atoms with E-state index in [0.29, 0.717) is 0 Å². The highest BCUT2D eigenvalue weighted by Gasteiger charge is 2.05. The van der Waals surface area contributed by atoms with Gasteiger partial charge >= 0.3 is 12.3 Å². The van der Waals surface area contributed by atoms with Crippen molar-refractivity contribution >= 4 is 12.3 Å². The van der Waals surface area contributed by atoms with Gasteiger partial charge in [0.05, 0.1) is 12.2 Å². The molecule has 8 heteroatoms. The lowest BCUT2D eigenvalue weighted by molar-refractivity contribution is 0.0272. The summed E-state index contributed by atoms with van der Waals surface area (Å²) in [5.74, 6) is 0. The van der Waals surface area contributed by atoms with Crippen molar-refractivity contribution in [1.29, 1.82) is 0 Å². The van der Waals surface area contributed by atoms with Crippen LogP contribution in [0.3, 0.4) is 0 Å². The van der Waals surface area contributed by atoms with Crippen molar-refractivity contribution in [2.75, 3.05) is 26.4 Å². The minimum atomic E-state index is -0.896. The highest BCUT2D eigenvalue weighted by Crippen LogP contribution is 1.91. The van der Waals surface area contributed by atoms with Crippen molar-refractivity contribution in [2.45, 2.75) is 26.1 Å². The van der Waals surface area contributed by atoms with Gasteiger partial charge < -0.3 is 29.2 Å². The Kier molecular flexibility index (Phi) is 10.1. The lowest BCUT2D eigenvalue weighted by atomic mass is 10.4. The summed E-state index contributed by atoms with van der Waals surface area (Å²) in [7, 11) is 0. The number of carbonyl (C=O) groups excluding carboxylic acids is 2. The maximum absolute atomic E-state index is 10.9. The van der Waals surface area contributed by atoms with E-state index in [-0.39, 0.29) is 26.4 Å². The molecule has 0 heterocycles. The third kappa shape index (κ3) is 12.7. The molecule has 0 rings (SSSR count). The average Bonchev–Trinajstić information content (AvgIpc) is 2.37. The lowest BCUT2D eigenvalue weighted by Gasteiger charge is -2.06. The first-order chi connectivity index (χ1) is 9.41. The van der Waals surface area contributed by atoms with Gasteiger partial charge in [-0.15, -0.1) is 0 Å². The fourth-order valence-electron chi connectivity index (χ4n) is 0.829. The van der Waals surface area contributed by atoms with Gasteiger partial charge in [-0.25, -0.2) is 9.59 Å². The van der Waals surface area contributed by atoms with Crippen LogP contribution in [0.4, 0.5) is 9.59 Å². The lowest BCUT2D eigenvalue weighted by Crippen LogP contribution is -2.16. The minimum Gasteiger partial charge on any atom is -0.432 e. The summed E-state index contributed by atoms with van der Waals surface area (Å²) in [5, 5.41) is 17.7. The number of ether oxygens (including phenoxy) is 4. The third-order valence-corrected chi connectivity index (χ3v) is 1.65. The van der Waals surface area contributed by atoms with E-state index in [2.05, 4.69) is 18.9 Å². The van der Waals surface area contributed by atoms with Crippen LogP contribution in [0, 0.1) is 0 Å². The van der Waals surface area contributed by atoms with Crippen LogP contribution in [0.1, 0.15) is 13.8 Å². The smallest absolute Gasteiger partial charge is 0.432 e. The quantitative estimate of drug-likeness (QED) is 0.494. The first-order valence-electron chi connectivity index (χ1n) is 6.02. The molecule has 2 N–H and O–H groups in total. The maximum Gasteiger partial charge on any atom is 0.508 e. The number of hydrogen-bond acceptors (Lipinski definition) is 8. The molecule has 0 amide bonds. The van der Waals surface area contributed by atoms with E-state index in [9.17, 15) is 9.59 Å². The topological polar surface area (TPSA) is 112 Å². The van der Waals surface area contributed by atoms with Crippen LogP contribution in [-0.2, 0) is 18.9 Å². The summed E-state index contributed by atoms with van der Waals surface area (Å²) in [6.45, 7) is 2.57. The molecule has 0 aliphatic carbocycles. The zero-order valence-corrected chi connectivity index (χ0v) is 11.5. The van der Waals surface area contributed by atoms with Crippen LogP contribution >= 0.6 is 0 Å². The average molecular weight is 292 g/mol. The normalized spacial score (nSPS) is 13.6. The molecule has 116 valence electrons. The van der Waals surface area contributed by atoms with Crippen LogP contribution in [0.2, 0.25) is 0 Å². The van der Waals surface area contributed by atoms with E-state index in [1.165, 1.54) is 26.0 Å². The van der Waals surface area contributed by atoms with E-state index in [0.717, 1.165) is 0 Å². The predicted octanol–water partition coefficient (Wildman–Crippen LogP) is 0.611. The molecule has 0 aromatic carbocycles. The zero-order valence-electron chi connectivity index (χ0n) is 11.5. The van der Waals surface area contributed by atoms with Crippen LogP contribution in [0.15, 0.2) is 12.2 Å². The van der Waals surface area contributed by atoms with Gasteiger partial charge in [0.15, 0.2) is 0 Å². The Morgan fingerprint density at radius 3 is 1.50 bits per heavy atom. The molecule has 2 atom stereocenters. The van der Waals surface area contributed by atoms with Gasteiger partial charge in [0, 0.05) is 0 Å². The fraction of sp³-hybridized carbons (Fsp3) is 0.667. The number of aliphatic hydroxyl groups excluding tert-OH is 2. The van der Waals surface area contributed by atoms with E-state index in [4.69, 9.17) is 10.2 Å². The highest BCUT2D eigenvalue weighted by atomic mass is 16.7. The Labute approximate surface area is 116 Å². The van der Waals surface area contributed by atoms with Gasteiger partial charge in [0.1, 0.15) is 26.4 Å². The molecule has 0 saturated carbocycles. The second-order valence-electron chi connectivity index (χ2n) is 3.91. The second-order valence-corrected chi connectivity index (χ2v) is 3.91. The van der Waals surface area contributed by atoms with Gasteiger partial charge in [0.25, 0.3) is 0 Å². The second kappa shape index (κ2) is 11.1. The van der Waals surface area contributed by atoms with Crippen LogP contribution in [-0.4, -0.2) is 61.2 Å². The molecule has 8 nitrogen and oxygen atoms in total. The summed E-state index contributed by atoms with van der Waals surface area (Å²) in [4.78, 5) is 21.8. The van der Waals surface area contributed by atoms with Gasteiger partial charge in [-0.2, -0.15) is 0 Å². The largest absolute Gasteiger partial charge is 0.508 e. The monoisotopic (exact) mass is 292 g/mol. The Balaban J connectivity index is 3.52. The molecular formula is C12H20O8. The Morgan fingerprint density at radius 1 is 0.850 bits per heavy atom. The van der Waals surface area contributed by atoms with Crippen molar-refractivity contribution in [2.24, 2.45) is 0 Å². The maximum atomic E-state index is 10.9. The van der Waals surface area contributed by atoms with Crippen LogP contribution in [0.5, 0.6) is 0 Å². The van der Waals surface area contributed by atoms with Crippen LogP contribution in [0.25, 0.3) is 0 Å². The Hall–Kier alpha value is -1.80. The molecule has 20 heavy (non-hydrogen) atoms. The van der Waals surface area contributed by atoms with E-state index in [1.54, 1.807) is 0 Å². The van der Waals surface area contributed by atoms with Crippen molar-refractivity contribution in [1.82, 2.24) is 0 Å². The highest BCUT2D eigenvalue weighted by molar-refractivity contribution is 5.60. The number of aliphatic hydroxyl groups is 2. The Bertz CT molecular complexity index is 281. The summed E-state index contributed by atoms with van der Waals surface area (Å²) in [6.07, 6.45) is -0.393. The third-order valence-electron chi connectivity index (χ3n) is 1.65. The van der Waals surface area contributed by atoms with Gasteiger partial charge in [-0.05, 0) is 26.0 Å². The van der Waals surface area contributed by atoms with Crippen molar-refractivity contribution < 1.29 is 38.7 Å². The molecule has 2 unspecified atom stereocenters. The molecule has 0 saturated heterocycles. The molecule has 0 radical (unpaired) electrons. The van der Waals surface area contributed by atoms with Crippen molar-refractivity contribution in [3.05, 3.63) is 12.2 Å². The molecule has 0 spiro atoms. The molecule has 0 aromatic rings. The molecule has 0 fully saturated rings. The zero-order chi connectivity index (χ0) is 15.4. The molecule has 0 aliphatic rings. The summed E-state index contributed by atoms with van der Waals surface area (Å²) in [5.41, 5.74) is 0. The van der Waals surface area contributed by atoms with Gasteiger partial charge in [0.2, 0.25) is 0 Å². The number of carbonyl (C=O) groups is 2. The standard InChI is InChI=1S/C12H20O8/c1-9(13)7-19-11(15)17-5-3-4-6-18-12(16)20-8-10(2)14/h3-4,9-10,13-14H,5-8H2,1-2H3/b4-3+. The van der Waals surface area contributed by atoms with Gasteiger partial charge in [-0.1, -0.05) is 0 Å². The molecule has 0 aliphatic heterocycles. The predicted molar refractivity (Wildman–Crippen MR) is 67.1 cm³/mol. The van der Waals surface area contributed by atoms with Crippen LogP contribution < -0.4 is 0 Å². The summed E-state index contributed by atoms with van der Waals surface area (Å²) < 4.78 is 18.3. The van der Waals surface area contributed by atoms with E-state index < -0.39 is 24.5 Å². The summed E-state index contributed by atoms with van der Waals surface area (Å²) in [6, 6.07) is 0. The summed E-state index contributed by atoms with van der Waals surface area (Å²) >= 11 is 0. The SMILES string of the molecule is CC(O)COC(=O)OC/C=C/COC(=O)OCC(C)O. The van der Waals surface area contributed by atoms with Crippen molar-refractivity contribution in [3.63, 3.8) is 0 Å². The molecule has 0 aromatic heterocycles. The Morgan fingerprint density at radius 2 is 1.20 bits per heavy atom. The first kappa shape index (κ1) is 18.2. The molecular weight excluding hydrogens is 272 g/mol. The van der Waals surface area contributed by atoms with Gasteiger partial charge in [-0.3, -0.25) is 0 Å². The fourth-order valence-corrected chi connectivity index (χ4v) is 0.829. The number of hydrogen-bond donors (Lipinski definition) is 2. The first-order valence-corrected chi connectivity index (χ1v) is 6.02. The minimum absolute atomic E-state index is 0.0509. The number of rotatable bonds is 8. The van der Waals surface area contributed by atoms with Crippen molar-refractivity contribution in [3.8, 4) is 0 Å². The van der Waals surface area contributed by atoms with E-state index in [1.807, 2.05) is 0 Å². The molecule has 0 bridgehead atoms.